The average Bonchev–Trinajstić information content (AvgIpc) is 3.32. The Morgan fingerprint density at radius 2 is 1.93 bits per heavy atom. The summed E-state index contributed by atoms with van der Waals surface area (Å²) in [5.74, 6) is 0.748. The highest BCUT2D eigenvalue weighted by molar-refractivity contribution is 7.98. The van der Waals surface area contributed by atoms with E-state index in [-0.39, 0.29) is 5.91 Å². The van der Waals surface area contributed by atoms with Crippen molar-refractivity contribution >= 4 is 57.7 Å². The summed E-state index contributed by atoms with van der Waals surface area (Å²) in [6.45, 7) is 2.59. The van der Waals surface area contributed by atoms with Crippen LogP contribution in [0.3, 0.4) is 0 Å². The Morgan fingerprint density at radius 3 is 2.69 bits per heavy atom. The number of fused-ring (bicyclic) bond motifs is 1. The number of nitrogens with one attached hydrogen (secondary N) is 2. The van der Waals surface area contributed by atoms with Crippen LogP contribution in [0.25, 0.3) is 10.9 Å². The zero-order valence-electron chi connectivity index (χ0n) is 15.4. The Labute approximate surface area is 181 Å². The van der Waals surface area contributed by atoms with Crippen molar-refractivity contribution in [2.75, 3.05) is 5.32 Å². The van der Waals surface area contributed by atoms with Crippen LogP contribution in [0.4, 0.5) is 5.95 Å². The molecule has 1 amide bonds. The number of anilines is 1. The van der Waals surface area contributed by atoms with E-state index >= 15 is 0 Å². The van der Waals surface area contributed by atoms with Crippen molar-refractivity contribution in [3.05, 3.63) is 69.8 Å². The van der Waals surface area contributed by atoms with Crippen molar-refractivity contribution in [2.24, 2.45) is 0 Å². The van der Waals surface area contributed by atoms with Gasteiger partial charge in [-0.15, -0.1) is 10.2 Å². The number of thioether (sulfide) groups is 1. The van der Waals surface area contributed by atoms with Gasteiger partial charge in [-0.1, -0.05) is 65.3 Å². The van der Waals surface area contributed by atoms with Crippen LogP contribution < -0.4 is 5.32 Å². The molecule has 0 aliphatic heterocycles. The van der Waals surface area contributed by atoms with Crippen molar-refractivity contribution in [1.82, 2.24) is 19.7 Å². The summed E-state index contributed by atoms with van der Waals surface area (Å²) >= 11 is 13.9. The van der Waals surface area contributed by atoms with Gasteiger partial charge in [-0.3, -0.25) is 14.7 Å². The van der Waals surface area contributed by atoms with E-state index in [9.17, 15) is 4.79 Å². The molecule has 0 aliphatic rings. The van der Waals surface area contributed by atoms with Crippen molar-refractivity contribution in [2.45, 2.75) is 24.4 Å². The van der Waals surface area contributed by atoms with Crippen molar-refractivity contribution in [3.63, 3.8) is 0 Å². The molecule has 6 nitrogen and oxygen atoms in total. The van der Waals surface area contributed by atoms with Gasteiger partial charge in [0, 0.05) is 22.7 Å². The minimum atomic E-state index is -0.304. The lowest BCUT2D eigenvalue weighted by molar-refractivity contribution is 0.102. The molecule has 0 radical (unpaired) electrons. The summed E-state index contributed by atoms with van der Waals surface area (Å²) in [6.07, 6.45) is 0. The smallest absolute Gasteiger partial charge is 0.274 e. The number of amides is 1. The van der Waals surface area contributed by atoms with Gasteiger partial charge in [-0.2, -0.15) is 0 Å². The second kappa shape index (κ2) is 8.49. The molecule has 2 aromatic carbocycles. The molecule has 0 spiro atoms. The number of aromatic amines is 1. The third kappa shape index (κ3) is 4.12. The molecule has 0 bridgehead atoms. The van der Waals surface area contributed by atoms with Crippen LogP contribution in [-0.4, -0.2) is 25.7 Å². The third-order valence-corrected chi connectivity index (χ3v) is 6.12. The molecule has 9 heteroatoms. The minimum absolute atomic E-state index is 0.304. The molecule has 0 saturated heterocycles. The molecule has 0 unspecified atom stereocenters. The number of hydrogen-bond acceptors (Lipinski definition) is 4. The standard InChI is InChI=1S/C20H17Cl2N5OS/c1-2-27-19(25-26-20(27)29-11-13-6-3-4-8-14(13)21)24-18(28)16-10-12-7-5-9-15(22)17(12)23-16/h3-10,23H,2,11H2,1H3,(H,24,25,28). The normalized spacial score (nSPS) is 11.1. The number of halogens is 2. The summed E-state index contributed by atoms with van der Waals surface area (Å²) in [4.78, 5) is 15.8. The highest BCUT2D eigenvalue weighted by Crippen LogP contribution is 2.27. The predicted octanol–water partition coefficient (Wildman–Crippen LogP) is 5.63. The number of rotatable bonds is 6. The molecule has 0 atom stereocenters. The Hall–Kier alpha value is -2.48. The zero-order chi connectivity index (χ0) is 20.4. The summed E-state index contributed by atoms with van der Waals surface area (Å²) in [6, 6.07) is 15.0. The lowest BCUT2D eigenvalue weighted by Crippen LogP contribution is -2.16. The van der Waals surface area contributed by atoms with Crippen LogP contribution in [0.15, 0.2) is 53.7 Å². The van der Waals surface area contributed by atoms with Crippen LogP contribution in [0.5, 0.6) is 0 Å². The van der Waals surface area contributed by atoms with Gasteiger partial charge in [-0.25, -0.2) is 0 Å². The topological polar surface area (TPSA) is 75.6 Å². The van der Waals surface area contributed by atoms with E-state index in [0.717, 1.165) is 16.5 Å². The predicted molar refractivity (Wildman–Crippen MR) is 118 cm³/mol. The van der Waals surface area contributed by atoms with Crippen LogP contribution in [-0.2, 0) is 12.3 Å². The number of carbonyl (C=O) groups is 1. The molecule has 2 aromatic heterocycles. The highest BCUT2D eigenvalue weighted by Gasteiger charge is 2.17. The van der Waals surface area contributed by atoms with E-state index in [4.69, 9.17) is 23.2 Å². The number of aromatic nitrogens is 4. The monoisotopic (exact) mass is 445 g/mol. The maximum Gasteiger partial charge on any atom is 0.274 e. The molecule has 2 N–H and O–H groups in total. The maximum atomic E-state index is 12.7. The molecule has 4 aromatic rings. The maximum absolute atomic E-state index is 12.7. The number of H-pyrrole nitrogens is 1. The number of hydrogen-bond donors (Lipinski definition) is 2. The molecule has 0 aliphatic carbocycles. The first-order valence-electron chi connectivity index (χ1n) is 8.94. The van der Waals surface area contributed by atoms with E-state index in [1.54, 1.807) is 12.1 Å². The van der Waals surface area contributed by atoms with Crippen LogP contribution in [0.1, 0.15) is 23.0 Å². The Bertz CT molecular complexity index is 1190. The van der Waals surface area contributed by atoms with Crippen molar-refractivity contribution < 1.29 is 4.79 Å². The van der Waals surface area contributed by atoms with E-state index in [1.165, 1.54) is 11.8 Å². The molecule has 0 saturated carbocycles. The molecular weight excluding hydrogens is 429 g/mol. The fraction of sp³-hybridized carbons (Fsp3) is 0.150. The average molecular weight is 446 g/mol. The van der Waals surface area contributed by atoms with Crippen molar-refractivity contribution in [1.29, 1.82) is 0 Å². The second-order valence-corrected chi connectivity index (χ2v) is 8.03. The van der Waals surface area contributed by atoms with Gasteiger partial charge in [0.05, 0.1) is 10.5 Å². The number of carbonyl (C=O) groups excluding carboxylic acids is 1. The van der Waals surface area contributed by atoms with E-state index in [2.05, 4.69) is 20.5 Å². The fourth-order valence-electron chi connectivity index (χ4n) is 2.94. The number of benzene rings is 2. The molecule has 29 heavy (non-hydrogen) atoms. The van der Waals surface area contributed by atoms with Crippen LogP contribution in [0.2, 0.25) is 10.0 Å². The lowest BCUT2D eigenvalue weighted by atomic mass is 10.2. The van der Waals surface area contributed by atoms with Gasteiger partial charge >= 0.3 is 0 Å². The Kier molecular flexibility index (Phi) is 5.80. The summed E-state index contributed by atoms with van der Waals surface area (Å²) in [7, 11) is 0. The summed E-state index contributed by atoms with van der Waals surface area (Å²) in [5.41, 5.74) is 2.15. The first-order valence-corrected chi connectivity index (χ1v) is 10.7. The van der Waals surface area contributed by atoms with Gasteiger partial charge < -0.3 is 4.98 Å². The minimum Gasteiger partial charge on any atom is -0.349 e. The fourth-order valence-corrected chi connectivity index (χ4v) is 4.46. The van der Waals surface area contributed by atoms with Gasteiger partial charge in [0.15, 0.2) is 5.16 Å². The van der Waals surface area contributed by atoms with Crippen LogP contribution in [0, 0.1) is 0 Å². The molecule has 0 fully saturated rings. The highest BCUT2D eigenvalue weighted by atomic mass is 35.5. The first-order chi connectivity index (χ1) is 14.1. The molecular formula is C20H17Cl2N5OS. The molecule has 2 heterocycles. The third-order valence-electron chi connectivity index (χ3n) is 4.42. The van der Waals surface area contributed by atoms with Gasteiger partial charge in [0.25, 0.3) is 5.91 Å². The zero-order valence-corrected chi connectivity index (χ0v) is 17.8. The van der Waals surface area contributed by atoms with Crippen molar-refractivity contribution in [3.8, 4) is 0 Å². The van der Waals surface area contributed by atoms with Gasteiger partial charge in [0.2, 0.25) is 5.95 Å². The quantitative estimate of drug-likeness (QED) is 0.377. The summed E-state index contributed by atoms with van der Waals surface area (Å²) < 4.78 is 1.86. The van der Waals surface area contributed by atoms with E-state index < -0.39 is 0 Å². The number of nitrogens with zero attached hydrogens (tertiary/aromatic N) is 3. The van der Waals surface area contributed by atoms with E-state index in [1.807, 2.05) is 47.9 Å². The largest absolute Gasteiger partial charge is 0.349 e. The number of para-hydroxylation sites is 1. The van der Waals surface area contributed by atoms with Gasteiger partial charge in [0.1, 0.15) is 5.69 Å². The van der Waals surface area contributed by atoms with Gasteiger partial charge in [-0.05, 0) is 30.7 Å². The van der Waals surface area contributed by atoms with E-state index in [0.29, 0.717) is 39.1 Å². The SMILES string of the molecule is CCn1c(NC(=O)c2cc3cccc(Cl)c3[nH]2)nnc1SCc1ccccc1Cl. The Balaban J connectivity index is 1.52. The van der Waals surface area contributed by atoms with Crippen LogP contribution >= 0.6 is 35.0 Å². The lowest BCUT2D eigenvalue weighted by Gasteiger charge is -2.08. The first kappa shape index (κ1) is 19.8. The summed E-state index contributed by atoms with van der Waals surface area (Å²) in [5, 5.41) is 14.1. The second-order valence-electron chi connectivity index (χ2n) is 6.27. The Morgan fingerprint density at radius 1 is 1.14 bits per heavy atom. The molecule has 148 valence electrons. The molecule has 4 rings (SSSR count).